The van der Waals surface area contributed by atoms with Crippen molar-refractivity contribution in [2.75, 3.05) is 6.54 Å². The Balaban J connectivity index is 2.24. The number of aliphatic hydroxyl groups excluding tert-OH is 1. The van der Waals surface area contributed by atoms with E-state index in [1.54, 1.807) is 6.07 Å². The Hall–Kier alpha value is -0.640. The minimum atomic E-state index is -0.391. The predicted octanol–water partition coefficient (Wildman–Crippen LogP) is 2.90. The molecule has 4 heteroatoms. The van der Waals surface area contributed by atoms with E-state index >= 15 is 0 Å². The summed E-state index contributed by atoms with van der Waals surface area (Å²) in [4.78, 5) is 0. The molecule has 1 fully saturated rings. The average molecular weight is 272 g/mol. The molecule has 3 N–H and O–H groups in total. The first-order valence-electron chi connectivity index (χ1n) is 6.39. The maximum atomic E-state index is 13.0. The quantitative estimate of drug-likeness (QED) is 0.888. The Morgan fingerprint density at radius 2 is 2.22 bits per heavy atom. The molecule has 1 saturated carbocycles. The first-order chi connectivity index (χ1) is 8.57. The highest BCUT2D eigenvalue weighted by Crippen LogP contribution is 2.39. The largest absolute Gasteiger partial charge is 0.392 e. The molecule has 0 heterocycles. The summed E-state index contributed by atoms with van der Waals surface area (Å²) in [5, 5.41) is 10.6. The van der Waals surface area contributed by atoms with Crippen LogP contribution in [0.25, 0.3) is 0 Å². The van der Waals surface area contributed by atoms with Gasteiger partial charge in [-0.1, -0.05) is 30.5 Å². The van der Waals surface area contributed by atoms with Gasteiger partial charge in [-0.3, -0.25) is 0 Å². The third-order valence-electron chi connectivity index (χ3n) is 4.07. The molecule has 0 bridgehead atoms. The second-order valence-electron chi connectivity index (χ2n) is 5.24. The van der Waals surface area contributed by atoms with Crippen LogP contribution >= 0.6 is 11.6 Å². The molecule has 0 aliphatic heterocycles. The van der Waals surface area contributed by atoms with Gasteiger partial charge in [0.1, 0.15) is 5.82 Å². The Kier molecular flexibility index (Phi) is 4.25. The predicted molar refractivity (Wildman–Crippen MR) is 71.1 cm³/mol. The van der Waals surface area contributed by atoms with Crippen LogP contribution in [-0.2, 0) is 6.42 Å². The van der Waals surface area contributed by atoms with Crippen molar-refractivity contribution >= 4 is 11.6 Å². The van der Waals surface area contributed by atoms with Crippen LogP contribution in [0.4, 0.5) is 4.39 Å². The van der Waals surface area contributed by atoms with Gasteiger partial charge in [0.25, 0.3) is 0 Å². The van der Waals surface area contributed by atoms with Crippen molar-refractivity contribution in [1.82, 2.24) is 0 Å². The molecule has 2 atom stereocenters. The van der Waals surface area contributed by atoms with Gasteiger partial charge in [0.2, 0.25) is 0 Å². The Bertz CT molecular complexity index is 426. The number of halogens is 2. The lowest BCUT2D eigenvalue weighted by atomic mass is 9.68. The summed E-state index contributed by atoms with van der Waals surface area (Å²) in [6.45, 7) is 0.432. The number of aliphatic hydroxyl groups is 1. The molecule has 1 aromatic rings. The molecular weight excluding hydrogens is 253 g/mol. The van der Waals surface area contributed by atoms with Gasteiger partial charge in [0, 0.05) is 17.0 Å². The zero-order valence-corrected chi connectivity index (χ0v) is 11.1. The molecule has 2 unspecified atom stereocenters. The maximum Gasteiger partial charge on any atom is 0.124 e. The first-order valence-corrected chi connectivity index (χ1v) is 6.77. The van der Waals surface area contributed by atoms with Gasteiger partial charge in [-0.25, -0.2) is 4.39 Å². The number of benzene rings is 1. The van der Waals surface area contributed by atoms with E-state index in [-0.39, 0.29) is 11.2 Å². The molecule has 1 aromatic carbocycles. The number of rotatable bonds is 3. The second-order valence-corrected chi connectivity index (χ2v) is 5.65. The lowest BCUT2D eigenvalue weighted by Gasteiger charge is -2.41. The molecule has 1 aliphatic rings. The summed E-state index contributed by atoms with van der Waals surface area (Å²) in [6, 6.07) is 4.41. The van der Waals surface area contributed by atoms with Gasteiger partial charge >= 0.3 is 0 Å². The molecule has 100 valence electrons. The first kappa shape index (κ1) is 13.8. The minimum Gasteiger partial charge on any atom is -0.392 e. The van der Waals surface area contributed by atoms with E-state index in [0.717, 1.165) is 31.2 Å². The van der Waals surface area contributed by atoms with Crippen LogP contribution in [0.15, 0.2) is 18.2 Å². The smallest absolute Gasteiger partial charge is 0.124 e. The monoisotopic (exact) mass is 271 g/mol. The van der Waals surface area contributed by atoms with Crippen LogP contribution in [0.2, 0.25) is 5.02 Å². The molecule has 0 saturated heterocycles. The van der Waals surface area contributed by atoms with Crippen molar-refractivity contribution in [1.29, 1.82) is 0 Å². The molecule has 0 aromatic heterocycles. The third-order valence-corrected chi connectivity index (χ3v) is 4.43. The van der Waals surface area contributed by atoms with Crippen LogP contribution in [0.5, 0.6) is 0 Å². The van der Waals surface area contributed by atoms with E-state index in [0.29, 0.717) is 18.0 Å². The van der Waals surface area contributed by atoms with E-state index in [4.69, 9.17) is 17.3 Å². The van der Waals surface area contributed by atoms with E-state index in [9.17, 15) is 9.50 Å². The highest BCUT2D eigenvalue weighted by Gasteiger charge is 2.39. The normalized spacial score (nSPS) is 28.3. The van der Waals surface area contributed by atoms with E-state index < -0.39 is 6.10 Å². The zero-order valence-electron chi connectivity index (χ0n) is 10.3. The summed E-state index contributed by atoms with van der Waals surface area (Å²) >= 11 is 6.05. The third kappa shape index (κ3) is 2.68. The number of hydrogen-bond donors (Lipinski definition) is 2. The van der Waals surface area contributed by atoms with Crippen LogP contribution in [-0.4, -0.2) is 17.8 Å². The SMILES string of the molecule is NCC1(Cc2ccc(F)cc2Cl)CCCCC1O. The fraction of sp³-hybridized carbons (Fsp3) is 0.571. The number of nitrogens with two attached hydrogens (primary N) is 1. The highest BCUT2D eigenvalue weighted by atomic mass is 35.5. The molecule has 1 aliphatic carbocycles. The zero-order chi connectivity index (χ0) is 13.2. The van der Waals surface area contributed by atoms with Crippen molar-refractivity contribution in [2.45, 2.75) is 38.2 Å². The van der Waals surface area contributed by atoms with Gasteiger partial charge < -0.3 is 10.8 Å². The van der Waals surface area contributed by atoms with Crippen molar-refractivity contribution in [3.8, 4) is 0 Å². The Labute approximate surface area is 112 Å². The molecule has 2 nitrogen and oxygen atoms in total. The average Bonchev–Trinajstić information content (AvgIpc) is 2.35. The summed E-state index contributed by atoms with van der Waals surface area (Å²) in [6.07, 6.45) is 4.03. The fourth-order valence-corrected chi connectivity index (χ4v) is 3.08. The highest BCUT2D eigenvalue weighted by molar-refractivity contribution is 6.31. The van der Waals surface area contributed by atoms with E-state index in [2.05, 4.69) is 0 Å². The molecule has 0 amide bonds. The van der Waals surface area contributed by atoms with Crippen LogP contribution in [0.3, 0.4) is 0 Å². The van der Waals surface area contributed by atoms with Crippen LogP contribution in [0, 0.1) is 11.2 Å². The lowest BCUT2D eigenvalue weighted by Crippen LogP contribution is -2.45. The molecular formula is C14H19ClFNO. The molecule has 0 spiro atoms. The number of hydrogen-bond acceptors (Lipinski definition) is 2. The summed E-state index contributed by atoms with van der Waals surface area (Å²) in [5.74, 6) is -0.338. The van der Waals surface area contributed by atoms with Gasteiger partial charge in [-0.05, 0) is 37.0 Å². The summed E-state index contributed by atoms with van der Waals surface area (Å²) in [7, 11) is 0. The van der Waals surface area contributed by atoms with Gasteiger partial charge in [-0.2, -0.15) is 0 Å². The summed E-state index contributed by atoms with van der Waals surface area (Å²) < 4.78 is 13.0. The van der Waals surface area contributed by atoms with E-state index in [1.165, 1.54) is 12.1 Å². The maximum absolute atomic E-state index is 13.0. The van der Waals surface area contributed by atoms with Crippen molar-refractivity contribution in [3.05, 3.63) is 34.6 Å². The van der Waals surface area contributed by atoms with Gasteiger partial charge in [-0.15, -0.1) is 0 Å². The fourth-order valence-electron chi connectivity index (χ4n) is 2.85. The Morgan fingerprint density at radius 1 is 1.44 bits per heavy atom. The van der Waals surface area contributed by atoms with Crippen LogP contribution < -0.4 is 5.73 Å². The standard InChI is InChI=1S/C14H19ClFNO/c15-12-7-11(16)5-4-10(12)8-14(9-17)6-2-1-3-13(14)18/h4-5,7,13,18H,1-3,6,8-9,17H2. The lowest BCUT2D eigenvalue weighted by molar-refractivity contribution is -0.00584. The molecule has 2 rings (SSSR count). The second kappa shape index (κ2) is 5.55. The van der Waals surface area contributed by atoms with Crippen molar-refractivity contribution in [3.63, 3.8) is 0 Å². The minimum absolute atomic E-state index is 0.306. The van der Waals surface area contributed by atoms with Gasteiger partial charge in [0.05, 0.1) is 6.10 Å². The van der Waals surface area contributed by atoms with Crippen molar-refractivity contribution < 1.29 is 9.50 Å². The summed E-state index contributed by atoms with van der Waals surface area (Å²) in [5.41, 5.74) is 6.44. The van der Waals surface area contributed by atoms with Crippen LogP contribution in [0.1, 0.15) is 31.2 Å². The van der Waals surface area contributed by atoms with Crippen molar-refractivity contribution in [2.24, 2.45) is 11.1 Å². The topological polar surface area (TPSA) is 46.2 Å². The molecule has 18 heavy (non-hydrogen) atoms. The van der Waals surface area contributed by atoms with Gasteiger partial charge in [0.15, 0.2) is 0 Å². The molecule has 0 radical (unpaired) electrons. The van der Waals surface area contributed by atoms with E-state index in [1.807, 2.05) is 0 Å². The Morgan fingerprint density at radius 3 is 2.83 bits per heavy atom.